The first-order valence-corrected chi connectivity index (χ1v) is 6.98. The van der Waals surface area contributed by atoms with Crippen LogP contribution < -0.4 is 5.32 Å². The van der Waals surface area contributed by atoms with Gasteiger partial charge in [-0.05, 0) is 23.3 Å². The maximum atomic E-state index is 9.22. The summed E-state index contributed by atoms with van der Waals surface area (Å²) in [5.41, 5.74) is 2.27. The highest BCUT2D eigenvalue weighted by atomic mass is 79.9. The topological polar surface area (TPSA) is 35.8 Å². The van der Waals surface area contributed by atoms with Crippen LogP contribution in [0.5, 0.6) is 0 Å². The quantitative estimate of drug-likeness (QED) is 0.910. The summed E-state index contributed by atoms with van der Waals surface area (Å²) >= 11 is 3.45. The number of benzene rings is 2. The number of halogens is 1. The third kappa shape index (κ3) is 4.20. The summed E-state index contributed by atoms with van der Waals surface area (Å²) in [4.78, 5) is 0. The van der Waals surface area contributed by atoms with Crippen LogP contribution in [0, 0.1) is 11.3 Å². The van der Waals surface area contributed by atoms with Crippen LogP contribution in [0.15, 0.2) is 59.1 Å². The molecule has 1 unspecified atom stereocenters. The number of hydrogen-bond donors (Lipinski definition) is 1. The molecular weight excluding hydrogens is 300 g/mol. The minimum atomic E-state index is -0.103. The van der Waals surface area contributed by atoms with Crippen LogP contribution in [0.3, 0.4) is 0 Å². The summed E-state index contributed by atoms with van der Waals surface area (Å²) in [6, 6.07) is 20.4. The summed E-state index contributed by atoms with van der Waals surface area (Å²) in [6.45, 7) is 1.43. The van der Waals surface area contributed by atoms with Gasteiger partial charge in [0.1, 0.15) is 0 Å². The molecule has 0 aliphatic heterocycles. The van der Waals surface area contributed by atoms with Crippen molar-refractivity contribution in [2.45, 2.75) is 12.5 Å². The lowest BCUT2D eigenvalue weighted by Crippen LogP contribution is -2.20. The Morgan fingerprint density at radius 3 is 2.58 bits per heavy atom. The lowest BCUT2D eigenvalue weighted by Gasteiger charge is -2.11. The van der Waals surface area contributed by atoms with Crippen molar-refractivity contribution in [1.82, 2.24) is 5.32 Å². The van der Waals surface area contributed by atoms with E-state index in [0.29, 0.717) is 6.54 Å². The maximum absolute atomic E-state index is 9.22. The molecule has 96 valence electrons. The SMILES string of the molecule is N#CC(CNCc1cccc(Br)c1)c1ccccc1. The lowest BCUT2D eigenvalue weighted by molar-refractivity contribution is 0.652. The number of hydrogen-bond acceptors (Lipinski definition) is 2. The van der Waals surface area contributed by atoms with Crippen molar-refractivity contribution in [3.63, 3.8) is 0 Å². The molecule has 0 bridgehead atoms. The molecule has 2 aromatic carbocycles. The van der Waals surface area contributed by atoms with E-state index in [4.69, 9.17) is 0 Å². The highest BCUT2D eigenvalue weighted by Gasteiger charge is 2.09. The Morgan fingerprint density at radius 2 is 1.89 bits per heavy atom. The molecule has 3 heteroatoms. The Hall–Kier alpha value is -1.63. The third-order valence-electron chi connectivity index (χ3n) is 2.92. The molecule has 0 heterocycles. The molecular formula is C16H15BrN2. The first-order valence-electron chi connectivity index (χ1n) is 6.19. The van der Waals surface area contributed by atoms with E-state index in [2.05, 4.69) is 39.4 Å². The molecule has 0 aliphatic rings. The first kappa shape index (κ1) is 13.8. The van der Waals surface area contributed by atoms with Crippen LogP contribution in [-0.4, -0.2) is 6.54 Å². The molecule has 2 rings (SSSR count). The zero-order valence-corrected chi connectivity index (χ0v) is 12.1. The van der Waals surface area contributed by atoms with Gasteiger partial charge < -0.3 is 5.32 Å². The van der Waals surface area contributed by atoms with Crippen LogP contribution in [0.25, 0.3) is 0 Å². The van der Waals surface area contributed by atoms with E-state index in [1.54, 1.807) is 0 Å². The molecule has 0 aromatic heterocycles. The molecule has 0 aliphatic carbocycles. The fourth-order valence-corrected chi connectivity index (χ4v) is 2.38. The van der Waals surface area contributed by atoms with Gasteiger partial charge in [0.15, 0.2) is 0 Å². The van der Waals surface area contributed by atoms with Gasteiger partial charge in [0, 0.05) is 17.6 Å². The lowest BCUT2D eigenvalue weighted by atomic mass is 10.0. The van der Waals surface area contributed by atoms with E-state index in [1.807, 2.05) is 42.5 Å². The van der Waals surface area contributed by atoms with Gasteiger partial charge in [0.25, 0.3) is 0 Å². The van der Waals surface area contributed by atoms with Crippen molar-refractivity contribution in [2.75, 3.05) is 6.54 Å². The summed E-state index contributed by atoms with van der Waals surface area (Å²) in [7, 11) is 0. The van der Waals surface area contributed by atoms with Gasteiger partial charge in [0.05, 0.1) is 12.0 Å². The normalized spacial score (nSPS) is 11.8. The average Bonchev–Trinajstić information content (AvgIpc) is 2.45. The van der Waals surface area contributed by atoms with Crippen molar-refractivity contribution < 1.29 is 0 Å². The average molecular weight is 315 g/mol. The van der Waals surface area contributed by atoms with Gasteiger partial charge in [-0.25, -0.2) is 0 Å². The van der Waals surface area contributed by atoms with Crippen LogP contribution in [0.1, 0.15) is 17.0 Å². The Labute approximate surface area is 122 Å². The second-order valence-electron chi connectivity index (χ2n) is 4.35. The molecule has 0 radical (unpaired) electrons. The fraction of sp³-hybridized carbons (Fsp3) is 0.188. The zero-order chi connectivity index (χ0) is 13.5. The molecule has 0 spiro atoms. The first-order chi connectivity index (χ1) is 9.29. The number of nitrogens with one attached hydrogen (secondary N) is 1. The van der Waals surface area contributed by atoms with Gasteiger partial charge in [0.2, 0.25) is 0 Å². The van der Waals surface area contributed by atoms with Crippen molar-refractivity contribution >= 4 is 15.9 Å². The van der Waals surface area contributed by atoms with E-state index < -0.39 is 0 Å². The highest BCUT2D eigenvalue weighted by Crippen LogP contribution is 2.14. The molecule has 0 saturated carbocycles. The van der Waals surface area contributed by atoms with Gasteiger partial charge in [-0.2, -0.15) is 5.26 Å². The molecule has 2 aromatic rings. The fourth-order valence-electron chi connectivity index (χ4n) is 1.93. The monoisotopic (exact) mass is 314 g/mol. The van der Waals surface area contributed by atoms with E-state index in [1.165, 1.54) is 5.56 Å². The van der Waals surface area contributed by atoms with Gasteiger partial charge >= 0.3 is 0 Å². The van der Waals surface area contributed by atoms with Crippen molar-refractivity contribution in [3.8, 4) is 6.07 Å². The van der Waals surface area contributed by atoms with E-state index in [-0.39, 0.29) is 5.92 Å². The number of nitriles is 1. The van der Waals surface area contributed by atoms with E-state index in [9.17, 15) is 5.26 Å². The van der Waals surface area contributed by atoms with Crippen LogP contribution in [0.4, 0.5) is 0 Å². The number of rotatable bonds is 5. The molecule has 19 heavy (non-hydrogen) atoms. The molecule has 1 N–H and O–H groups in total. The molecule has 0 amide bonds. The molecule has 0 saturated heterocycles. The maximum Gasteiger partial charge on any atom is 0.0837 e. The second kappa shape index (κ2) is 7.08. The van der Waals surface area contributed by atoms with Crippen LogP contribution in [0.2, 0.25) is 0 Å². The number of nitrogens with zero attached hydrogens (tertiary/aromatic N) is 1. The van der Waals surface area contributed by atoms with Crippen molar-refractivity contribution in [1.29, 1.82) is 5.26 Å². The highest BCUT2D eigenvalue weighted by molar-refractivity contribution is 9.10. The predicted octanol–water partition coefficient (Wildman–Crippen LogP) is 3.85. The Kier molecular flexibility index (Phi) is 5.14. The van der Waals surface area contributed by atoms with E-state index >= 15 is 0 Å². The molecule has 2 nitrogen and oxygen atoms in total. The van der Waals surface area contributed by atoms with Gasteiger partial charge in [-0.15, -0.1) is 0 Å². The van der Waals surface area contributed by atoms with E-state index in [0.717, 1.165) is 16.6 Å². The minimum Gasteiger partial charge on any atom is -0.311 e. The van der Waals surface area contributed by atoms with Gasteiger partial charge in [-0.1, -0.05) is 58.4 Å². The zero-order valence-electron chi connectivity index (χ0n) is 10.5. The molecule has 1 atom stereocenters. The summed E-state index contributed by atoms with van der Waals surface area (Å²) in [6.07, 6.45) is 0. The Balaban J connectivity index is 1.90. The van der Waals surface area contributed by atoms with Gasteiger partial charge in [-0.3, -0.25) is 0 Å². The Bertz CT molecular complexity index is 560. The summed E-state index contributed by atoms with van der Waals surface area (Å²) in [5.74, 6) is -0.103. The summed E-state index contributed by atoms with van der Waals surface area (Å²) in [5, 5.41) is 12.6. The predicted molar refractivity (Wildman–Crippen MR) is 80.6 cm³/mol. The van der Waals surface area contributed by atoms with Crippen LogP contribution in [-0.2, 0) is 6.54 Å². The second-order valence-corrected chi connectivity index (χ2v) is 5.27. The summed E-state index contributed by atoms with van der Waals surface area (Å²) < 4.78 is 1.08. The van der Waals surface area contributed by atoms with Crippen LogP contribution >= 0.6 is 15.9 Å². The standard InChI is InChI=1S/C16H15BrN2/c17-16-8-4-5-13(9-16)11-19-12-15(10-18)14-6-2-1-3-7-14/h1-9,15,19H,11-12H2. The molecule has 0 fully saturated rings. The smallest absolute Gasteiger partial charge is 0.0837 e. The minimum absolute atomic E-state index is 0.103. The Morgan fingerprint density at radius 1 is 1.11 bits per heavy atom. The third-order valence-corrected chi connectivity index (χ3v) is 3.42. The largest absolute Gasteiger partial charge is 0.311 e. The van der Waals surface area contributed by atoms with Crippen molar-refractivity contribution in [2.24, 2.45) is 0 Å². The van der Waals surface area contributed by atoms with Crippen molar-refractivity contribution in [3.05, 3.63) is 70.2 Å².